The Kier molecular flexibility index (Phi) is 4.03. The molecule has 1 fully saturated rings. The first kappa shape index (κ1) is 11.4. The molecule has 2 rings (SSSR count). The monoisotopic (exact) mass is 315 g/mol. The summed E-state index contributed by atoms with van der Waals surface area (Å²) in [7, 11) is 2.07. The highest BCUT2D eigenvalue weighted by atomic mass is 127. The average Bonchev–Trinajstić information content (AvgIpc) is 3.03. The van der Waals surface area contributed by atoms with Gasteiger partial charge in [-0.15, -0.1) is 0 Å². The highest BCUT2D eigenvalue weighted by Gasteiger charge is 2.22. The largest absolute Gasteiger partial charge is 0.313 e. The summed E-state index contributed by atoms with van der Waals surface area (Å²) >= 11 is 2.38. The first-order valence-corrected chi connectivity index (χ1v) is 6.80. The summed E-state index contributed by atoms with van der Waals surface area (Å²) in [5, 5.41) is 3.43. The molecule has 0 aromatic heterocycles. The van der Waals surface area contributed by atoms with Crippen LogP contribution in [0, 0.1) is 9.49 Å². The lowest BCUT2D eigenvalue weighted by molar-refractivity contribution is 0.506. The van der Waals surface area contributed by atoms with Crippen molar-refractivity contribution in [2.24, 2.45) is 5.92 Å². The molecule has 0 bridgehead atoms. The number of nitrogens with one attached hydrogen (secondary N) is 1. The summed E-state index contributed by atoms with van der Waals surface area (Å²) in [4.78, 5) is 0. The van der Waals surface area contributed by atoms with Gasteiger partial charge >= 0.3 is 0 Å². The molecule has 0 amide bonds. The van der Waals surface area contributed by atoms with Gasteiger partial charge in [-0.25, -0.2) is 0 Å². The van der Waals surface area contributed by atoms with E-state index >= 15 is 0 Å². The second kappa shape index (κ2) is 5.30. The number of halogens is 1. The van der Waals surface area contributed by atoms with Gasteiger partial charge in [-0.1, -0.05) is 25.0 Å². The fourth-order valence-corrected chi connectivity index (χ4v) is 2.58. The zero-order valence-corrected chi connectivity index (χ0v) is 11.3. The summed E-state index contributed by atoms with van der Waals surface area (Å²) in [5.41, 5.74) is 1.44. The minimum absolute atomic E-state index is 0.542. The Balaban J connectivity index is 1.97. The van der Waals surface area contributed by atoms with E-state index in [1.165, 1.54) is 34.8 Å². The van der Waals surface area contributed by atoms with Crippen molar-refractivity contribution < 1.29 is 0 Å². The maximum atomic E-state index is 3.43. The topological polar surface area (TPSA) is 12.0 Å². The molecular formula is C13H18IN. The summed E-state index contributed by atoms with van der Waals surface area (Å²) < 4.78 is 1.33. The van der Waals surface area contributed by atoms with Gasteiger partial charge in [0.25, 0.3) is 0 Å². The summed E-state index contributed by atoms with van der Waals surface area (Å²) in [6.45, 7) is 0. The summed E-state index contributed by atoms with van der Waals surface area (Å²) in [6, 6.07) is 9.36. The molecule has 0 heterocycles. The van der Waals surface area contributed by atoms with Gasteiger partial charge in [0.1, 0.15) is 0 Å². The molecule has 1 saturated carbocycles. The quantitative estimate of drug-likeness (QED) is 0.816. The van der Waals surface area contributed by atoms with Crippen LogP contribution in [0.1, 0.15) is 37.3 Å². The van der Waals surface area contributed by atoms with Gasteiger partial charge in [-0.3, -0.25) is 0 Å². The Labute approximate surface area is 106 Å². The molecule has 0 aliphatic heterocycles. The third kappa shape index (κ3) is 3.45. The molecule has 0 radical (unpaired) electrons. The normalized spacial score (nSPS) is 17.7. The zero-order valence-electron chi connectivity index (χ0n) is 9.17. The molecule has 2 heteroatoms. The van der Waals surface area contributed by atoms with Crippen molar-refractivity contribution in [3.63, 3.8) is 0 Å². The van der Waals surface area contributed by atoms with Crippen LogP contribution in [0.15, 0.2) is 24.3 Å². The second-order valence-electron chi connectivity index (χ2n) is 4.42. The molecule has 15 heavy (non-hydrogen) atoms. The lowest BCUT2D eigenvalue weighted by Gasteiger charge is -2.16. The predicted molar refractivity (Wildman–Crippen MR) is 72.9 cm³/mol. The van der Waals surface area contributed by atoms with Crippen LogP contribution in [-0.2, 0) is 0 Å². The first-order chi connectivity index (χ1) is 7.29. The SMILES string of the molecule is CNC(CCC1CC1)c1cccc(I)c1. The van der Waals surface area contributed by atoms with Crippen LogP contribution in [0.2, 0.25) is 0 Å². The van der Waals surface area contributed by atoms with Gasteiger partial charge in [0.2, 0.25) is 0 Å². The van der Waals surface area contributed by atoms with Crippen molar-refractivity contribution in [1.29, 1.82) is 0 Å². The van der Waals surface area contributed by atoms with E-state index in [4.69, 9.17) is 0 Å². The molecule has 82 valence electrons. The Bertz CT molecular complexity index is 320. The lowest BCUT2D eigenvalue weighted by Crippen LogP contribution is -2.16. The fourth-order valence-electron chi connectivity index (χ4n) is 2.01. The smallest absolute Gasteiger partial charge is 0.0317 e. The van der Waals surface area contributed by atoms with Gasteiger partial charge in [-0.2, -0.15) is 0 Å². The fraction of sp³-hybridized carbons (Fsp3) is 0.538. The van der Waals surface area contributed by atoms with Crippen LogP contribution in [0.5, 0.6) is 0 Å². The van der Waals surface area contributed by atoms with Crippen molar-refractivity contribution in [2.75, 3.05) is 7.05 Å². The molecule has 1 N–H and O–H groups in total. The molecule has 1 aliphatic rings. The Morgan fingerprint density at radius 3 is 2.87 bits per heavy atom. The van der Waals surface area contributed by atoms with Gasteiger partial charge in [0, 0.05) is 9.61 Å². The van der Waals surface area contributed by atoms with Crippen LogP contribution in [-0.4, -0.2) is 7.05 Å². The summed E-state index contributed by atoms with van der Waals surface area (Å²) in [5.74, 6) is 1.03. The molecule has 0 saturated heterocycles. The second-order valence-corrected chi connectivity index (χ2v) is 5.66. The maximum Gasteiger partial charge on any atom is 0.0317 e. The maximum absolute atomic E-state index is 3.43. The van der Waals surface area contributed by atoms with Crippen LogP contribution >= 0.6 is 22.6 Å². The molecule has 1 aliphatic carbocycles. The van der Waals surface area contributed by atoms with Crippen molar-refractivity contribution in [3.05, 3.63) is 33.4 Å². The van der Waals surface area contributed by atoms with E-state index in [2.05, 4.69) is 59.2 Å². The molecular weight excluding hydrogens is 297 g/mol. The van der Waals surface area contributed by atoms with E-state index < -0.39 is 0 Å². The van der Waals surface area contributed by atoms with Crippen molar-refractivity contribution >= 4 is 22.6 Å². The van der Waals surface area contributed by atoms with E-state index in [0.717, 1.165) is 5.92 Å². The van der Waals surface area contributed by atoms with Crippen molar-refractivity contribution in [2.45, 2.75) is 31.7 Å². The minimum Gasteiger partial charge on any atom is -0.313 e. The van der Waals surface area contributed by atoms with Crippen molar-refractivity contribution in [1.82, 2.24) is 5.32 Å². The number of benzene rings is 1. The van der Waals surface area contributed by atoms with E-state index in [-0.39, 0.29) is 0 Å². The van der Waals surface area contributed by atoms with Crippen LogP contribution in [0.3, 0.4) is 0 Å². The third-order valence-electron chi connectivity index (χ3n) is 3.16. The third-order valence-corrected chi connectivity index (χ3v) is 3.83. The zero-order chi connectivity index (χ0) is 10.7. The van der Waals surface area contributed by atoms with Crippen LogP contribution in [0.25, 0.3) is 0 Å². The molecule has 1 atom stereocenters. The van der Waals surface area contributed by atoms with E-state index in [9.17, 15) is 0 Å². The predicted octanol–water partition coefficient (Wildman–Crippen LogP) is 3.74. The number of rotatable bonds is 5. The van der Waals surface area contributed by atoms with Gasteiger partial charge in [0.05, 0.1) is 0 Å². The highest BCUT2D eigenvalue weighted by Crippen LogP contribution is 2.35. The van der Waals surface area contributed by atoms with Crippen molar-refractivity contribution in [3.8, 4) is 0 Å². The molecule has 1 nitrogen and oxygen atoms in total. The van der Waals surface area contributed by atoms with E-state index in [1.807, 2.05) is 0 Å². The van der Waals surface area contributed by atoms with Gasteiger partial charge in [-0.05, 0) is 66.1 Å². The molecule has 0 spiro atoms. The minimum atomic E-state index is 0.542. The van der Waals surface area contributed by atoms with Gasteiger partial charge < -0.3 is 5.32 Å². The standard InChI is InChI=1S/C13H18IN/c1-15-13(8-7-10-5-6-10)11-3-2-4-12(14)9-11/h2-4,9-10,13,15H,5-8H2,1H3. The molecule has 1 aromatic rings. The Morgan fingerprint density at radius 1 is 1.47 bits per heavy atom. The van der Waals surface area contributed by atoms with Gasteiger partial charge in [0.15, 0.2) is 0 Å². The van der Waals surface area contributed by atoms with E-state index in [0.29, 0.717) is 6.04 Å². The first-order valence-electron chi connectivity index (χ1n) is 5.72. The molecule has 1 aromatic carbocycles. The number of hydrogen-bond donors (Lipinski definition) is 1. The lowest BCUT2D eigenvalue weighted by atomic mass is 10.0. The van der Waals surface area contributed by atoms with E-state index in [1.54, 1.807) is 0 Å². The Hall–Kier alpha value is -0.0900. The van der Waals surface area contributed by atoms with Crippen LogP contribution in [0.4, 0.5) is 0 Å². The molecule has 1 unspecified atom stereocenters. The average molecular weight is 315 g/mol. The number of hydrogen-bond acceptors (Lipinski definition) is 1. The highest BCUT2D eigenvalue weighted by molar-refractivity contribution is 14.1. The Morgan fingerprint density at radius 2 is 2.27 bits per heavy atom. The van der Waals surface area contributed by atoms with Crippen LogP contribution < -0.4 is 5.32 Å². The summed E-state index contributed by atoms with van der Waals surface area (Å²) in [6.07, 6.45) is 5.59.